The van der Waals surface area contributed by atoms with Crippen molar-refractivity contribution in [2.45, 2.75) is 22.2 Å². The van der Waals surface area contributed by atoms with Gasteiger partial charge in [0.1, 0.15) is 28.2 Å². The summed E-state index contributed by atoms with van der Waals surface area (Å²) in [4.78, 5) is 5.26. The van der Waals surface area contributed by atoms with Crippen LogP contribution in [0.1, 0.15) is 72.3 Å². The third-order valence-electron chi connectivity index (χ3n) is 15.9. The van der Waals surface area contributed by atoms with Gasteiger partial charge in [0.25, 0.3) is 0 Å². The summed E-state index contributed by atoms with van der Waals surface area (Å²) in [6, 6.07) is 115. The lowest BCUT2D eigenvalue weighted by atomic mass is 9.75. The quantitative estimate of drug-likeness (QED) is 0.137. The van der Waals surface area contributed by atoms with E-state index in [1.54, 1.807) is 0 Å². The highest BCUT2D eigenvalue weighted by molar-refractivity contribution is 5.88. The fourth-order valence-electron chi connectivity index (χ4n) is 13.3. The Morgan fingerprint density at radius 3 is 0.568 bits per heavy atom. The Labute approximate surface area is 434 Å². The molecule has 0 N–H and O–H groups in total. The van der Waals surface area contributed by atoms with Gasteiger partial charge in [-0.15, -0.1) is 0 Å². The molecule has 350 valence electrons. The summed E-state index contributed by atoms with van der Waals surface area (Å²) >= 11 is 0. The molecule has 11 aromatic carbocycles. The third kappa shape index (κ3) is 6.12. The summed E-state index contributed by atoms with van der Waals surface area (Å²) in [5.41, 5.74) is 11.4. The van der Waals surface area contributed by atoms with E-state index in [2.05, 4.69) is 325 Å². The second kappa shape index (κ2) is 18.0. The monoisotopic (exact) mass is 945 g/mol. The number of nitriles is 1. The highest BCUT2D eigenvalue weighted by Gasteiger charge is 2.64. The van der Waals surface area contributed by atoms with Gasteiger partial charge in [0.2, 0.25) is 0 Å². The van der Waals surface area contributed by atoms with E-state index in [0.717, 1.165) is 78.1 Å². The molecule has 0 saturated carbocycles. The molecule has 11 aromatic rings. The topological polar surface area (TPSA) is 30.3 Å². The maximum absolute atomic E-state index is 12.8. The standard InChI is InChI=1S/C71H51N3/c72-52-61-66(73-68(53-30-9-1-10-31-53,54-32-11-2-12-33-54)62-46-25-26-47-63(62)69(73,55-34-13-3-14-35-55)56-36-15-4-16-37-56)50-29-51-67(61)74-70(57-38-17-5-18-39-57,58-40-19-6-20-41-58)64-48-27-28-49-65(64)71(74,59-42-21-7-22-43-59)60-44-23-8-24-45-60/h1-51H. The van der Waals surface area contributed by atoms with Crippen LogP contribution in [0.25, 0.3) is 0 Å². The zero-order valence-electron chi connectivity index (χ0n) is 40.8. The van der Waals surface area contributed by atoms with Gasteiger partial charge in [-0.05, 0) is 78.9 Å². The van der Waals surface area contributed by atoms with Gasteiger partial charge in [-0.25, -0.2) is 0 Å². The minimum Gasteiger partial charge on any atom is -0.334 e. The van der Waals surface area contributed by atoms with Gasteiger partial charge >= 0.3 is 0 Å². The normalized spacial score (nSPS) is 15.4. The predicted molar refractivity (Wildman–Crippen MR) is 300 cm³/mol. The lowest BCUT2D eigenvalue weighted by Gasteiger charge is -2.53. The number of benzene rings is 11. The first-order valence-corrected chi connectivity index (χ1v) is 25.5. The molecule has 0 unspecified atom stereocenters. The molecule has 74 heavy (non-hydrogen) atoms. The first-order chi connectivity index (χ1) is 36.7. The number of hydrogen-bond donors (Lipinski definition) is 0. The van der Waals surface area contributed by atoms with Crippen LogP contribution in [-0.4, -0.2) is 0 Å². The molecule has 0 atom stereocenters. The summed E-state index contributed by atoms with van der Waals surface area (Å²) in [6.45, 7) is 0. The number of rotatable bonds is 10. The van der Waals surface area contributed by atoms with Gasteiger partial charge in [-0.3, -0.25) is 0 Å². The van der Waals surface area contributed by atoms with Crippen molar-refractivity contribution < 1.29 is 0 Å². The van der Waals surface area contributed by atoms with Crippen LogP contribution in [0, 0.1) is 11.3 Å². The molecule has 3 heteroatoms. The van der Waals surface area contributed by atoms with Crippen LogP contribution in [0.2, 0.25) is 0 Å². The van der Waals surface area contributed by atoms with Crippen molar-refractivity contribution in [3.8, 4) is 6.07 Å². The highest BCUT2D eigenvalue weighted by Crippen LogP contribution is 2.66. The molecule has 0 radical (unpaired) electrons. The van der Waals surface area contributed by atoms with Gasteiger partial charge < -0.3 is 9.80 Å². The van der Waals surface area contributed by atoms with E-state index < -0.39 is 22.2 Å². The van der Waals surface area contributed by atoms with Gasteiger partial charge in [0, 0.05) is 0 Å². The van der Waals surface area contributed by atoms with Crippen molar-refractivity contribution in [3.63, 3.8) is 0 Å². The molecule has 3 nitrogen and oxygen atoms in total. The van der Waals surface area contributed by atoms with Gasteiger partial charge in [0.15, 0.2) is 0 Å². The average molecular weight is 946 g/mol. The van der Waals surface area contributed by atoms with Crippen molar-refractivity contribution in [2.24, 2.45) is 0 Å². The maximum Gasteiger partial charge on any atom is 0.118 e. The van der Waals surface area contributed by atoms with E-state index in [4.69, 9.17) is 0 Å². The number of hydrogen-bond acceptors (Lipinski definition) is 3. The van der Waals surface area contributed by atoms with Gasteiger partial charge in [0.05, 0.1) is 16.9 Å². The van der Waals surface area contributed by atoms with Crippen molar-refractivity contribution in [2.75, 3.05) is 9.80 Å². The molecule has 0 amide bonds. The summed E-state index contributed by atoms with van der Waals surface area (Å²) in [6.07, 6.45) is 0. The van der Waals surface area contributed by atoms with E-state index in [-0.39, 0.29) is 0 Å². The van der Waals surface area contributed by atoms with E-state index in [1.807, 2.05) is 0 Å². The molecule has 0 bridgehead atoms. The molecule has 0 saturated heterocycles. The molecule has 2 heterocycles. The largest absolute Gasteiger partial charge is 0.334 e. The minimum atomic E-state index is -0.991. The lowest BCUT2D eigenvalue weighted by Crippen LogP contribution is -2.56. The van der Waals surface area contributed by atoms with E-state index >= 15 is 0 Å². The smallest absolute Gasteiger partial charge is 0.118 e. The second-order valence-corrected chi connectivity index (χ2v) is 19.3. The zero-order valence-corrected chi connectivity index (χ0v) is 40.8. The van der Waals surface area contributed by atoms with Crippen molar-refractivity contribution >= 4 is 11.4 Å². The Morgan fingerprint density at radius 1 is 0.216 bits per heavy atom. The van der Waals surface area contributed by atoms with Crippen LogP contribution in [0.5, 0.6) is 0 Å². The summed E-state index contributed by atoms with van der Waals surface area (Å²) in [7, 11) is 0. The average Bonchev–Trinajstić information content (AvgIpc) is 3.94. The maximum atomic E-state index is 12.8. The second-order valence-electron chi connectivity index (χ2n) is 19.3. The van der Waals surface area contributed by atoms with Crippen LogP contribution >= 0.6 is 0 Å². The summed E-state index contributed by atoms with van der Waals surface area (Å²) in [5, 5.41) is 12.8. The van der Waals surface area contributed by atoms with Crippen molar-refractivity contribution in [3.05, 3.63) is 382 Å². The molecular weight excluding hydrogens is 895 g/mol. The molecule has 0 spiro atoms. The van der Waals surface area contributed by atoms with Crippen LogP contribution in [0.15, 0.2) is 309 Å². The fraction of sp³-hybridized carbons (Fsp3) is 0.0563. The third-order valence-corrected chi connectivity index (χ3v) is 15.9. The van der Waals surface area contributed by atoms with Crippen LogP contribution in [0.3, 0.4) is 0 Å². The van der Waals surface area contributed by atoms with E-state index in [9.17, 15) is 5.26 Å². The lowest BCUT2D eigenvalue weighted by molar-refractivity contribution is 0.489. The molecule has 2 aliphatic heterocycles. The fourth-order valence-corrected chi connectivity index (χ4v) is 13.3. The Kier molecular flexibility index (Phi) is 10.8. The SMILES string of the molecule is N#Cc1c(N2C(c3ccccc3)(c3ccccc3)c3ccccc3C2(c2ccccc2)c2ccccc2)cccc1N1C(c2ccccc2)(c2ccccc2)c2ccccc2C1(c1ccccc1)c1ccccc1. The Balaban J connectivity index is 1.26. The molecule has 0 aromatic heterocycles. The van der Waals surface area contributed by atoms with Crippen molar-refractivity contribution in [1.82, 2.24) is 0 Å². The predicted octanol–water partition coefficient (Wildman–Crippen LogP) is 15.8. The first-order valence-electron chi connectivity index (χ1n) is 25.5. The number of fused-ring (bicyclic) bond motifs is 2. The molecule has 13 rings (SSSR count). The van der Waals surface area contributed by atoms with Crippen LogP contribution in [0.4, 0.5) is 11.4 Å². The van der Waals surface area contributed by atoms with E-state index in [0.29, 0.717) is 5.56 Å². The minimum absolute atomic E-state index is 0.549. The highest BCUT2D eigenvalue weighted by atomic mass is 15.3. The molecule has 2 aliphatic rings. The van der Waals surface area contributed by atoms with Crippen LogP contribution < -0.4 is 9.80 Å². The number of anilines is 2. The summed E-state index contributed by atoms with van der Waals surface area (Å²) < 4.78 is 0. The molecule has 0 fully saturated rings. The Morgan fingerprint density at radius 2 is 0.392 bits per heavy atom. The zero-order chi connectivity index (χ0) is 49.6. The van der Waals surface area contributed by atoms with E-state index in [1.165, 1.54) is 0 Å². The number of nitrogens with zero attached hydrogens (tertiary/aromatic N) is 3. The Bertz CT molecular complexity index is 3160. The van der Waals surface area contributed by atoms with Crippen molar-refractivity contribution in [1.29, 1.82) is 5.26 Å². The van der Waals surface area contributed by atoms with Crippen LogP contribution in [-0.2, 0) is 22.2 Å². The Hall–Kier alpha value is -9.49. The molecule has 0 aliphatic carbocycles. The molecular formula is C71H51N3. The first kappa shape index (κ1) is 44.5. The van der Waals surface area contributed by atoms with Gasteiger partial charge in [-0.1, -0.05) is 297 Å². The van der Waals surface area contributed by atoms with Gasteiger partial charge in [-0.2, -0.15) is 5.26 Å². The summed E-state index contributed by atoms with van der Waals surface area (Å²) in [5.74, 6) is 0.